The number of halogens is 1. The second-order valence-electron chi connectivity index (χ2n) is 5.82. The van der Waals surface area contributed by atoms with Crippen LogP contribution in [0.5, 0.6) is 0 Å². The van der Waals surface area contributed by atoms with E-state index in [0.717, 1.165) is 29.4 Å². The standard InChI is InChI=1S/C16H18BrN3O3/c17-13-5-1-3-11(7-13)8-14-18-15(23-19-14)10-20-6-2-4-12(9-20)16(21)22/h1,3,5,7,12H,2,4,6,8-10H2,(H,21,22). The molecule has 1 unspecified atom stereocenters. The van der Waals surface area contributed by atoms with E-state index in [1.165, 1.54) is 0 Å². The van der Waals surface area contributed by atoms with Crippen LogP contribution in [-0.2, 0) is 17.8 Å². The fraction of sp³-hybridized carbons (Fsp3) is 0.438. The van der Waals surface area contributed by atoms with Crippen molar-refractivity contribution in [2.24, 2.45) is 5.92 Å². The molecule has 2 heterocycles. The van der Waals surface area contributed by atoms with Crippen LogP contribution in [0.4, 0.5) is 0 Å². The van der Waals surface area contributed by atoms with Gasteiger partial charge < -0.3 is 9.63 Å². The highest BCUT2D eigenvalue weighted by Crippen LogP contribution is 2.19. The Hall–Kier alpha value is -1.73. The highest BCUT2D eigenvalue weighted by molar-refractivity contribution is 9.10. The molecule has 0 amide bonds. The van der Waals surface area contributed by atoms with Gasteiger partial charge in [0.2, 0.25) is 5.89 Å². The normalized spacial score (nSPS) is 18.9. The lowest BCUT2D eigenvalue weighted by Crippen LogP contribution is -2.38. The largest absolute Gasteiger partial charge is 0.481 e. The van der Waals surface area contributed by atoms with E-state index in [9.17, 15) is 4.79 Å². The Kier molecular flexibility index (Phi) is 5.07. The molecule has 122 valence electrons. The van der Waals surface area contributed by atoms with Gasteiger partial charge in [0.15, 0.2) is 5.82 Å². The van der Waals surface area contributed by atoms with Crippen molar-refractivity contribution < 1.29 is 14.4 Å². The van der Waals surface area contributed by atoms with Gasteiger partial charge in [0.25, 0.3) is 0 Å². The third kappa shape index (κ3) is 4.39. The molecule has 0 bridgehead atoms. The number of carboxylic acids is 1. The van der Waals surface area contributed by atoms with Crippen molar-refractivity contribution in [3.05, 3.63) is 46.0 Å². The topological polar surface area (TPSA) is 79.5 Å². The molecular formula is C16H18BrN3O3. The molecule has 2 aromatic rings. The van der Waals surface area contributed by atoms with Crippen LogP contribution >= 0.6 is 15.9 Å². The SMILES string of the molecule is O=C(O)C1CCCN(Cc2nc(Cc3cccc(Br)c3)no2)C1. The van der Waals surface area contributed by atoms with Crippen LogP contribution in [0.25, 0.3) is 0 Å². The van der Waals surface area contributed by atoms with Crippen LogP contribution in [-0.4, -0.2) is 39.2 Å². The number of aromatic nitrogens is 2. The summed E-state index contributed by atoms with van der Waals surface area (Å²) in [6, 6.07) is 7.99. The first-order valence-electron chi connectivity index (χ1n) is 7.61. The van der Waals surface area contributed by atoms with E-state index in [1.54, 1.807) is 0 Å². The number of hydrogen-bond acceptors (Lipinski definition) is 5. The lowest BCUT2D eigenvalue weighted by Gasteiger charge is -2.29. The fourth-order valence-electron chi connectivity index (χ4n) is 2.85. The maximum absolute atomic E-state index is 11.1. The molecule has 0 aliphatic carbocycles. The van der Waals surface area contributed by atoms with E-state index in [2.05, 4.69) is 31.0 Å². The quantitative estimate of drug-likeness (QED) is 0.859. The minimum Gasteiger partial charge on any atom is -0.481 e. The van der Waals surface area contributed by atoms with Crippen molar-refractivity contribution >= 4 is 21.9 Å². The van der Waals surface area contributed by atoms with E-state index in [4.69, 9.17) is 9.63 Å². The summed E-state index contributed by atoms with van der Waals surface area (Å²) in [6.45, 7) is 1.92. The van der Waals surface area contributed by atoms with Crippen molar-refractivity contribution in [1.82, 2.24) is 15.0 Å². The van der Waals surface area contributed by atoms with Gasteiger partial charge >= 0.3 is 5.97 Å². The summed E-state index contributed by atoms with van der Waals surface area (Å²) in [5, 5.41) is 13.1. The number of aliphatic carboxylic acids is 1. The first-order chi connectivity index (χ1) is 11.1. The number of carboxylic acid groups (broad SMARTS) is 1. The lowest BCUT2D eigenvalue weighted by molar-refractivity contribution is -0.143. The van der Waals surface area contributed by atoms with Crippen LogP contribution < -0.4 is 0 Å². The molecule has 1 fully saturated rings. The molecule has 7 heteroatoms. The van der Waals surface area contributed by atoms with E-state index >= 15 is 0 Å². The predicted octanol–water partition coefficient (Wildman–Crippen LogP) is 2.72. The van der Waals surface area contributed by atoms with Crippen LogP contribution in [0.2, 0.25) is 0 Å². The molecule has 1 aliphatic rings. The Labute approximate surface area is 142 Å². The van der Waals surface area contributed by atoms with E-state index in [1.807, 2.05) is 24.3 Å². The van der Waals surface area contributed by atoms with Crippen LogP contribution in [0.1, 0.15) is 30.1 Å². The van der Waals surface area contributed by atoms with Gasteiger partial charge in [-0.1, -0.05) is 33.2 Å². The molecular weight excluding hydrogens is 362 g/mol. The highest BCUT2D eigenvalue weighted by Gasteiger charge is 2.26. The number of carbonyl (C=O) groups is 1. The molecule has 6 nitrogen and oxygen atoms in total. The molecule has 1 aliphatic heterocycles. The maximum atomic E-state index is 11.1. The molecule has 0 saturated carbocycles. The second-order valence-corrected chi connectivity index (χ2v) is 6.74. The number of piperidine rings is 1. The Morgan fingerprint density at radius 2 is 2.35 bits per heavy atom. The van der Waals surface area contributed by atoms with Gasteiger partial charge in [0, 0.05) is 17.4 Å². The third-order valence-corrected chi connectivity index (χ3v) is 4.47. The second kappa shape index (κ2) is 7.23. The summed E-state index contributed by atoms with van der Waals surface area (Å²) in [6.07, 6.45) is 2.24. The van der Waals surface area contributed by atoms with Crippen molar-refractivity contribution in [3.8, 4) is 0 Å². The first kappa shape index (κ1) is 16.1. The van der Waals surface area contributed by atoms with Gasteiger partial charge in [0.05, 0.1) is 12.5 Å². The summed E-state index contributed by atoms with van der Waals surface area (Å²) in [4.78, 5) is 17.6. The summed E-state index contributed by atoms with van der Waals surface area (Å²) in [5.74, 6) is 0.161. The molecule has 1 aromatic carbocycles. The van der Waals surface area contributed by atoms with Gasteiger partial charge in [-0.05, 0) is 37.1 Å². The van der Waals surface area contributed by atoms with Gasteiger partial charge in [-0.3, -0.25) is 9.69 Å². The van der Waals surface area contributed by atoms with Gasteiger partial charge in [0.1, 0.15) is 0 Å². The van der Waals surface area contributed by atoms with Crippen molar-refractivity contribution in [2.45, 2.75) is 25.8 Å². The van der Waals surface area contributed by atoms with Crippen molar-refractivity contribution in [2.75, 3.05) is 13.1 Å². The average molecular weight is 380 g/mol. The van der Waals surface area contributed by atoms with Crippen LogP contribution in [0.3, 0.4) is 0 Å². The third-order valence-electron chi connectivity index (χ3n) is 3.98. The molecule has 0 radical (unpaired) electrons. The van der Waals surface area contributed by atoms with Crippen molar-refractivity contribution in [3.63, 3.8) is 0 Å². The molecule has 23 heavy (non-hydrogen) atoms. The smallest absolute Gasteiger partial charge is 0.307 e. The fourth-order valence-corrected chi connectivity index (χ4v) is 3.29. The van der Waals surface area contributed by atoms with Gasteiger partial charge in [-0.2, -0.15) is 4.98 Å². The monoisotopic (exact) mass is 379 g/mol. The molecule has 1 aromatic heterocycles. The first-order valence-corrected chi connectivity index (χ1v) is 8.40. The number of hydrogen-bond donors (Lipinski definition) is 1. The number of rotatable bonds is 5. The summed E-state index contributed by atoms with van der Waals surface area (Å²) >= 11 is 3.44. The van der Waals surface area contributed by atoms with E-state index < -0.39 is 5.97 Å². The maximum Gasteiger partial charge on any atom is 0.307 e. The van der Waals surface area contributed by atoms with Gasteiger partial charge in [-0.25, -0.2) is 0 Å². The van der Waals surface area contributed by atoms with E-state index in [0.29, 0.717) is 31.2 Å². The summed E-state index contributed by atoms with van der Waals surface area (Å²) < 4.78 is 6.32. The zero-order valence-corrected chi connectivity index (χ0v) is 14.2. The lowest BCUT2D eigenvalue weighted by atomic mass is 9.98. The molecule has 1 atom stereocenters. The Balaban J connectivity index is 1.60. The summed E-state index contributed by atoms with van der Waals surface area (Å²) in [5.41, 5.74) is 1.11. The average Bonchev–Trinajstić information content (AvgIpc) is 2.94. The predicted molar refractivity (Wildman–Crippen MR) is 86.9 cm³/mol. The van der Waals surface area contributed by atoms with Crippen LogP contribution in [0.15, 0.2) is 33.3 Å². The summed E-state index contributed by atoms with van der Waals surface area (Å²) in [7, 11) is 0. The zero-order chi connectivity index (χ0) is 16.2. The Morgan fingerprint density at radius 1 is 1.48 bits per heavy atom. The number of nitrogens with zero attached hydrogens (tertiary/aromatic N) is 3. The van der Waals surface area contributed by atoms with Gasteiger partial charge in [-0.15, -0.1) is 0 Å². The molecule has 0 spiro atoms. The molecule has 1 N–H and O–H groups in total. The highest BCUT2D eigenvalue weighted by atomic mass is 79.9. The zero-order valence-electron chi connectivity index (χ0n) is 12.6. The number of benzene rings is 1. The van der Waals surface area contributed by atoms with E-state index in [-0.39, 0.29) is 5.92 Å². The number of likely N-dealkylation sites (tertiary alicyclic amines) is 1. The Morgan fingerprint density at radius 3 is 3.13 bits per heavy atom. The Bertz CT molecular complexity index is 689. The molecule has 1 saturated heterocycles. The minimum atomic E-state index is -0.726. The van der Waals surface area contributed by atoms with Crippen LogP contribution in [0, 0.1) is 5.92 Å². The van der Waals surface area contributed by atoms with Crippen molar-refractivity contribution in [1.29, 1.82) is 0 Å². The molecule has 3 rings (SSSR count). The minimum absolute atomic E-state index is 0.298.